The molecule has 3 rings (SSSR count). The Kier molecular flexibility index (Phi) is 5.31. The summed E-state index contributed by atoms with van der Waals surface area (Å²) in [6, 6.07) is 5.95. The number of ether oxygens (including phenoxy) is 1. The van der Waals surface area contributed by atoms with Crippen LogP contribution < -0.4 is 0 Å². The topological polar surface area (TPSA) is 42.4 Å². The number of thiazole rings is 1. The molecule has 0 bridgehead atoms. The summed E-state index contributed by atoms with van der Waals surface area (Å²) in [5, 5.41) is 0. The van der Waals surface area contributed by atoms with Gasteiger partial charge in [-0.3, -0.25) is 16.1 Å². The van der Waals surface area contributed by atoms with Crippen molar-refractivity contribution in [2.45, 2.75) is 0 Å². The predicted molar refractivity (Wildman–Crippen MR) is 74.9 cm³/mol. The Morgan fingerprint density at radius 1 is 1.40 bits per heavy atom. The minimum absolute atomic E-state index is 0. The molecule has 1 amide bonds. The van der Waals surface area contributed by atoms with E-state index in [0.717, 1.165) is 15.8 Å². The molecule has 1 aliphatic heterocycles. The van der Waals surface area contributed by atoms with Gasteiger partial charge >= 0.3 is 0 Å². The first kappa shape index (κ1) is 15.2. The van der Waals surface area contributed by atoms with Gasteiger partial charge in [-0.1, -0.05) is 23.7 Å². The van der Waals surface area contributed by atoms with Crippen molar-refractivity contribution in [3.63, 3.8) is 0 Å². The Labute approximate surface area is 131 Å². The van der Waals surface area contributed by atoms with Crippen LogP contribution in [0.2, 0.25) is 0 Å². The molecule has 1 aromatic carbocycles. The van der Waals surface area contributed by atoms with Crippen molar-refractivity contribution in [2.75, 3.05) is 26.3 Å². The molecule has 0 unspecified atom stereocenters. The largest absolute Gasteiger partial charge is 0.386 e. The Balaban J connectivity index is 0.00000147. The van der Waals surface area contributed by atoms with Crippen molar-refractivity contribution in [2.24, 2.45) is 0 Å². The summed E-state index contributed by atoms with van der Waals surface area (Å²) in [5.74, 6) is 0.0354. The summed E-state index contributed by atoms with van der Waals surface area (Å²) < 4.78 is 6.33. The minimum atomic E-state index is 0. The summed E-state index contributed by atoms with van der Waals surface area (Å²) in [7, 11) is 0. The minimum Gasteiger partial charge on any atom is -0.386 e. The van der Waals surface area contributed by atoms with E-state index in [9.17, 15) is 4.79 Å². The normalized spacial score (nSPS) is 15.5. The van der Waals surface area contributed by atoms with Crippen molar-refractivity contribution in [3.05, 3.63) is 35.3 Å². The SMILES string of the molecule is O=C(/C=C/c1ccc2s[c-]nc2c1)N1CCOCC1.[Mn]. The molecule has 1 radical (unpaired) electrons. The van der Waals surface area contributed by atoms with Crippen LogP contribution in [0.15, 0.2) is 24.3 Å². The first-order valence-electron chi connectivity index (χ1n) is 6.14. The second-order valence-corrected chi connectivity index (χ2v) is 5.13. The van der Waals surface area contributed by atoms with Gasteiger partial charge in [0, 0.05) is 36.2 Å². The van der Waals surface area contributed by atoms with E-state index in [4.69, 9.17) is 4.74 Å². The van der Waals surface area contributed by atoms with Crippen LogP contribution in [0.1, 0.15) is 5.56 Å². The number of hydrogen-bond donors (Lipinski definition) is 0. The number of nitrogens with zero attached hydrogens (tertiary/aromatic N) is 2. The van der Waals surface area contributed by atoms with Crippen LogP contribution in [-0.4, -0.2) is 42.1 Å². The number of carbonyl (C=O) groups excluding carboxylic acids is 1. The molecule has 1 saturated heterocycles. The van der Waals surface area contributed by atoms with Gasteiger partial charge in [0.05, 0.1) is 13.2 Å². The van der Waals surface area contributed by atoms with Crippen LogP contribution in [0.3, 0.4) is 0 Å². The number of amides is 1. The summed E-state index contributed by atoms with van der Waals surface area (Å²) in [5.41, 5.74) is 4.76. The van der Waals surface area contributed by atoms with Crippen LogP contribution in [0.4, 0.5) is 0 Å². The van der Waals surface area contributed by atoms with E-state index in [1.54, 1.807) is 11.0 Å². The van der Waals surface area contributed by atoms with Gasteiger partial charge in [0.2, 0.25) is 5.91 Å². The molecule has 0 atom stereocenters. The van der Waals surface area contributed by atoms with Gasteiger partial charge in [-0.2, -0.15) is 0 Å². The first-order chi connectivity index (χ1) is 9.33. The zero-order chi connectivity index (χ0) is 13.1. The van der Waals surface area contributed by atoms with Crippen molar-refractivity contribution >= 4 is 33.5 Å². The molecule has 105 valence electrons. The maximum atomic E-state index is 11.9. The average Bonchev–Trinajstić information content (AvgIpc) is 2.93. The average molecular weight is 328 g/mol. The summed E-state index contributed by atoms with van der Waals surface area (Å²) in [6.45, 7) is 2.59. The Hall–Kier alpha value is -1.20. The third kappa shape index (κ3) is 3.46. The number of aromatic nitrogens is 1. The first-order valence-corrected chi connectivity index (χ1v) is 6.96. The third-order valence-electron chi connectivity index (χ3n) is 3.05. The third-order valence-corrected chi connectivity index (χ3v) is 3.79. The monoisotopic (exact) mass is 328 g/mol. The molecular formula is C14H13MnN2O2S-. The molecular weight excluding hydrogens is 315 g/mol. The molecule has 0 spiro atoms. The van der Waals surface area contributed by atoms with E-state index in [-0.39, 0.29) is 23.0 Å². The van der Waals surface area contributed by atoms with Gasteiger partial charge in [-0.15, -0.1) is 10.8 Å². The molecule has 2 heterocycles. The summed E-state index contributed by atoms with van der Waals surface area (Å²) >= 11 is 1.49. The fourth-order valence-electron chi connectivity index (χ4n) is 1.99. The fourth-order valence-corrected chi connectivity index (χ4v) is 2.58. The smallest absolute Gasteiger partial charge is 0.246 e. The van der Waals surface area contributed by atoms with Crippen LogP contribution in [0, 0.1) is 5.51 Å². The van der Waals surface area contributed by atoms with Gasteiger partial charge in [-0.25, -0.2) is 0 Å². The number of morpholine rings is 1. The van der Waals surface area contributed by atoms with Crippen LogP contribution >= 0.6 is 11.3 Å². The number of rotatable bonds is 2. The van der Waals surface area contributed by atoms with Crippen molar-refractivity contribution in [1.82, 2.24) is 9.88 Å². The number of fused-ring (bicyclic) bond motifs is 1. The maximum Gasteiger partial charge on any atom is 0.246 e. The molecule has 2 aromatic rings. The standard InChI is InChI=1S/C14H13N2O2S.Mn/c17-14(16-5-7-18-8-6-16)4-2-11-1-3-13-12(9-11)15-10-19-13;/h1-4,9H,5-8H2;/q-1;/b4-2+;. The molecule has 0 saturated carbocycles. The molecule has 6 heteroatoms. The molecule has 1 aliphatic rings. The van der Waals surface area contributed by atoms with Gasteiger partial charge in [0.1, 0.15) is 0 Å². The van der Waals surface area contributed by atoms with Crippen LogP contribution in [0.25, 0.3) is 16.3 Å². The number of hydrogen-bond acceptors (Lipinski definition) is 4. The van der Waals surface area contributed by atoms with Crippen LogP contribution in [-0.2, 0) is 26.6 Å². The Bertz CT molecular complexity index is 620. The van der Waals surface area contributed by atoms with Gasteiger partial charge < -0.3 is 14.6 Å². The zero-order valence-corrected chi connectivity index (χ0v) is 12.7. The van der Waals surface area contributed by atoms with Crippen molar-refractivity contribution < 1.29 is 26.6 Å². The van der Waals surface area contributed by atoms with E-state index < -0.39 is 0 Å². The van der Waals surface area contributed by atoms with Crippen LogP contribution in [0.5, 0.6) is 0 Å². The molecule has 20 heavy (non-hydrogen) atoms. The van der Waals surface area contributed by atoms with E-state index in [2.05, 4.69) is 10.5 Å². The maximum absolute atomic E-state index is 11.9. The quantitative estimate of drug-likeness (QED) is 0.481. The second kappa shape index (κ2) is 6.99. The van der Waals surface area contributed by atoms with Gasteiger partial charge in [0.25, 0.3) is 0 Å². The van der Waals surface area contributed by atoms with E-state index in [1.807, 2.05) is 24.3 Å². The molecule has 1 aromatic heterocycles. The number of benzene rings is 1. The van der Waals surface area contributed by atoms with E-state index in [1.165, 1.54) is 11.3 Å². The van der Waals surface area contributed by atoms with Crippen molar-refractivity contribution in [1.29, 1.82) is 0 Å². The molecule has 4 nitrogen and oxygen atoms in total. The van der Waals surface area contributed by atoms with Crippen molar-refractivity contribution in [3.8, 4) is 0 Å². The van der Waals surface area contributed by atoms with E-state index in [0.29, 0.717) is 26.3 Å². The zero-order valence-electron chi connectivity index (χ0n) is 10.7. The van der Waals surface area contributed by atoms with Gasteiger partial charge in [-0.05, 0) is 11.1 Å². The second-order valence-electron chi connectivity index (χ2n) is 4.30. The fraction of sp³-hybridized carbons (Fsp3) is 0.286. The Morgan fingerprint density at radius 2 is 2.20 bits per heavy atom. The van der Waals surface area contributed by atoms with E-state index >= 15 is 0 Å². The summed E-state index contributed by atoms with van der Waals surface area (Å²) in [4.78, 5) is 17.9. The molecule has 0 aliphatic carbocycles. The molecule has 0 N–H and O–H groups in total. The predicted octanol–water partition coefficient (Wildman–Crippen LogP) is 1.97. The summed E-state index contributed by atoms with van der Waals surface area (Å²) in [6.07, 6.45) is 3.44. The number of carbonyl (C=O) groups is 1. The molecule has 1 fully saturated rings. The van der Waals surface area contributed by atoms with Gasteiger partial charge in [0.15, 0.2) is 0 Å². The Morgan fingerprint density at radius 3 is 3.00 bits per heavy atom.